The molecule has 156 valence electrons. The average molecular weight is 408 g/mol. The van der Waals surface area contributed by atoms with Gasteiger partial charge in [-0.1, -0.05) is 36.4 Å². The van der Waals surface area contributed by atoms with Crippen LogP contribution in [0, 0.1) is 11.6 Å². The third kappa shape index (κ3) is 4.53. The van der Waals surface area contributed by atoms with Crippen LogP contribution in [0.5, 0.6) is 5.75 Å². The van der Waals surface area contributed by atoms with Crippen molar-refractivity contribution in [3.63, 3.8) is 0 Å². The van der Waals surface area contributed by atoms with Gasteiger partial charge in [-0.2, -0.15) is 0 Å². The first-order chi connectivity index (χ1) is 14.7. The van der Waals surface area contributed by atoms with Crippen LogP contribution in [-0.2, 0) is 6.54 Å². The van der Waals surface area contributed by atoms with E-state index in [1.807, 2.05) is 18.2 Å². The summed E-state index contributed by atoms with van der Waals surface area (Å²) in [5.41, 5.74) is 3.29. The summed E-state index contributed by atoms with van der Waals surface area (Å²) < 4.78 is 33.1. The lowest BCUT2D eigenvalue weighted by Gasteiger charge is -2.34. The highest BCUT2D eigenvalue weighted by Crippen LogP contribution is 2.30. The van der Waals surface area contributed by atoms with Gasteiger partial charge in [-0.3, -0.25) is 0 Å². The van der Waals surface area contributed by atoms with E-state index in [9.17, 15) is 8.78 Å². The van der Waals surface area contributed by atoms with E-state index in [-0.39, 0.29) is 12.1 Å². The van der Waals surface area contributed by atoms with E-state index in [1.54, 1.807) is 13.2 Å². The standard InChI is InChI=1S/C25H26F2N2O/c1-30-24-12-9-18(21-11-10-20(26)15-22(21)27)14-19(24)16-29-23-8-5-13-28-25(23)17-6-3-2-4-7-17/h2-4,6-7,9-12,14-15,23,25,28-29H,5,8,13,16H2,1H3/t23-,25-/m0/s1. The fourth-order valence-electron chi connectivity index (χ4n) is 4.17. The summed E-state index contributed by atoms with van der Waals surface area (Å²) >= 11 is 0. The van der Waals surface area contributed by atoms with Crippen LogP contribution in [0.1, 0.15) is 30.0 Å². The molecule has 0 aromatic heterocycles. The lowest BCUT2D eigenvalue weighted by Crippen LogP contribution is -2.45. The van der Waals surface area contributed by atoms with Crippen molar-refractivity contribution in [3.05, 3.63) is 89.5 Å². The Labute approximate surface area is 176 Å². The molecule has 0 radical (unpaired) electrons. The molecule has 4 rings (SSSR count). The van der Waals surface area contributed by atoms with Gasteiger partial charge < -0.3 is 15.4 Å². The van der Waals surface area contributed by atoms with Gasteiger partial charge in [-0.15, -0.1) is 0 Å². The molecule has 3 aromatic carbocycles. The first-order valence-electron chi connectivity index (χ1n) is 10.3. The molecular weight excluding hydrogens is 382 g/mol. The Morgan fingerprint density at radius 3 is 2.63 bits per heavy atom. The number of halogens is 2. The Morgan fingerprint density at radius 2 is 1.87 bits per heavy atom. The van der Waals surface area contributed by atoms with Gasteiger partial charge in [0.1, 0.15) is 17.4 Å². The molecular formula is C25H26F2N2O. The molecule has 2 N–H and O–H groups in total. The van der Waals surface area contributed by atoms with E-state index in [1.165, 1.54) is 17.7 Å². The number of hydrogen-bond donors (Lipinski definition) is 2. The molecule has 3 nitrogen and oxygen atoms in total. The molecule has 0 aliphatic carbocycles. The molecule has 0 spiro atoms. The number of hydrogen-bond acceptors (Lipinski definition) is 3. The average Bonchev–Trinajstić information content (AvgIpc) is 2.78. The fourth-order valence-corrected chi connectivity index (χ4v) is 4.17. The van der Waals surface area contributed by atoms with Gasteiger partial charge in [0.15, 0.2) is 0 Å². The summed E-state index contributed by atoms with van der Waals surface area (Å²) in [4.78, 5) is 0. The molecule has 0 saturated carbocycles. The second kappa shape index (κ2) is 9.37. The number of benzene rings is 3. The van der Waals surface area contributed by atoms with Crippen molar-refractivity contribution in [2.24, 2.45) is 0 Å². The molecule has 1 aliphatic heterocycles. The van der Waals surface area contributed by atoms with E-state index in [0.717, 1.165) is 36.8 Å². The smallest absolute Gasteiger partial charge is 0.133 e. The second-order valence-electron chi connectivity index (χ2n) is 7.62. The maximum atomic E-state index is 14.3. The summed E-state index contributed by atoms with van der Waals surface area (Å²) in [5.74, 6) is -0.406. The van der Waals surface area contributed by atoms with Gasteiger partial charge >= 0.3 is 0 Å². The van der Waals surface area contributed by atoms with Crippen molar-refractivity contribution in [3.8, 4) is 16.9 Å². The first-order valence-corrected chi connectivity index (χ1v) is 10.3. The Morgan fingerprint density at radius 1 is 1.03 bits per heavy atom. The summed E-state index contributed by atoms with van der Waals surface area (Å²) in [5, 5.41) is 7.29. The number of methoxy groups -OCH3 is 1. The van der Waals surface area contributed by atoms with E-state index in [2.05, 4.69) is 34.9 Å². The number of rotatable bonds is 6. The predicted octanol–water partition coefficient (Wildman–Crippen LogP) is 5.22. The zero-order chi connectivity index (χ0) is 20.9. The first kappa shape index (κ1) is 20.5. The lowest BCUT2D eigenvalue weighted by atomic mass is 9.92. The molecule has 1 saturated heterocycles. The highest BCUT2D eigenvalue weighted by atomic mass is 19.1. The maximum absolute atomic E-state index is 14.3. The van der Waals surface area contributed by atoms with Gasteiger partial charge in [0.05, 0.1) is 7.11 Å². The molecule has 1 fully saturated rings. The van der Waals surface area contributed by atoms with Crippen LogP contribution in [0.4, 0.5) is 8.78 Å². The van der Waals surface area contributed by atoms with E-state index < -0.39 is 11.6 Å². The van der Waals surface area contributed by atoms with Gasteiger partial charge in [0.2, 0.25) is 0 Å². The quantitative estimate of drug-likeness (QED) is 0.586. The van der Waals surface area contributed by atoms with Crippen LogP contribution >= 0.6 is 0 Å². The molecule has 2 atom stereocenters. The van der Waals surface area contributed by atoms with Crippen molar-refractivity contribution >= 4 is 0 Å². The minimum atomic E-state index is -0.580. The third-order valence-corrected chi connectivity index (χ3v) is 5.69. The Bertz CT molecular complexity index is 994. The van der Waals surface area contributed by atoms with Crippen LogP contribution in [0.2, 0.25) is 0 Å². The second-order valence-corrected chi connectivity index (χ2v) is 7.62. The largest absolute Gasteiger partial charge is 0.496 e. The van der Waals surface area contributed by atoms with Gasteiger partial charge in [0, 0.05) is 35.8 Å². The van der Waals surface area contributed by atoms with Gasteiger partial charge in [-0.25, -0.2) is 8.78 Å². The van der Waals surface area contributed by atoms with Crippen LogP contribution in [0.25, 0.3) is 11.1 Å². The number of ether oxygens (including phenoxy) is 1. The summed E-state index contributed by atoms with van der Waals surface area (Å²) in [6, 6.07) is 20.2. The molecule has 1 heterocycles. The van der Waals surface area contributed by atoms with Crippen LogP contribution < -0.4 is 15.4 Å². The van der Waals surface area contributed by atoms with Crippen molar-refractivity contribution < 1.29 is 13.5 Å². The van der Waals surface area contributed by atoms with Gasteiger partial charge in [0.25, 0.3) is 0 Å². The highest BCUT2D eigenvalue weighted by molar-refractivity contribution is 5.66. The molecule has 0 amide bonds. The monoisotopic (exact) mass is 408 g/mol. The number of nitrogens with one attached hydrogen (secondary N) is 2. The molecule has 0 bridgehead atoms. The van der Waals surface area contributed by atoms with Crippen molar-refractivity contribution in [1.29, 1.82) is 0 Å². The Balaban J connectivity index is 1.56. The Kier molecular flexibility index (Phi) is 6.41. The van der Waals surface area contributed by atoms with Crippen molar-refractivity contribution in [1.82, 2.24) is 10.6 Å². The van der Waals surface area contributed by atoms with E-state index >= 15 is 0 Å². The minimum Gasteiger partial charge on any atom is -0.496 e. The predicted molar refractivity (Wildman–Crippen MR) is 115 cm³/mol. The molecule has 5 heteroatoms. The fraction of sp³-hybridized carbons (Fsp3) is 0.280. The SMILES string of the molecule is COc1ccc(-c2ccc(F)cc2F)cc1CN[C@H]1CCCN[C@H]1c1ccccc1. The highest BCUT2D eigenvalue weighted by Gasteiger charge is 2.25. The summed E-state index contributed by atoms with van der Waals surface area (Å²) in [6.07, 6.45) is 2.18. The van der Waals surface area contributed by atoms with E-state index in [0.29, 0.717) is 17.7 Å². The Hall–Kier alpha value is -2.76. The maximum Gasteiger partial charge on any atom is 0.133 e. The molecule has 0 unspecified atom stereocenters. The summed E-state index contributed by atoms with van der Waals surface area (Å²) in [6.45, 7) is 1.59. The normalized spacial score (nSPS) is 18.9. The molecule has 30 heavy (non-hydrogen) atoms. The molecule has 3 aromatic rings. The zero-order valence-corrected chi connectivity index (χ0v) is 17.0. The molecule has 1 aliphatic rings. The van der Waals surface area contributed by atoms with Crippen molar-refractivity contribution in [2.45, 2.75) is 31.5 Å². The minimum absolute atomic E-state index is 0.240. The zero-order valence-electron chi connectivity index (χ0n) is 17.0. The topological polar surface area (TPSA) is 33.3 Å². The van der Waals surface area contributed by atoms with Gasteiger partial charge in [-0.05, 0) is 54.8 Å². The van der Waals surface area contributed by atoms with Crippen LogP contribution in [0.15, 0.2) is 66.7 Å². The third-order valence-electron chi connectivity index (χ3n) is 5.69. The summed E-state index contributed by atoms with van der Waals surface area (Å²) in [7, 11) is 1.63. The van der Waals surface area contributed by atoms with Crippen molar-refractivity contribution in [2.75, 3.05) is 13.7 Å². The van der Waals surface area contributed by atoms with E-state index in [4.69, 9.17) is 4.74 Å². The number of piperidine rings is 1. The lowest BCUT2D eigenvalue weighted by molar-refractivity contribution is 0.303. The van der Waals surface area contributed by atoms with Crippen LogP contribution in [0.3, 0.4) is 0 Å². The van der Waals surface area contributed by atoms with Crippen LogP contribution in [-0.4, -0.2) is 19.7 Å².